The number of methoxy groups -OCH3 is 1. The molecule has 4 nitrogen and oxygen atoms in total. The molecule has 0 bridgehead atoms. The van der Waals surface area contributed by atoms with E-state index in [1.54, 1.807) is 7.11 Å². The van der Waals surface area contributed by atoms with Crippen molar-refractivity contribution in [1.29, 1.82) is 0 Å². The number of benzene rings is 1. The van der Waals surface area contributed by atoms with Gasteiger partial charge in [0, 0.05) is 24.3 Å². The summed E-state index contributed by atoms with van der Waals surface area (Å²) in [6.45, 7) is 1.05. The van der Waals surface area contributed by atoms with Crippen molar-refractivity contribution >= 4 is 0 Å². The zero-order chi connectivity index (χ0) is 14.7. The zero-order valence-electron chi connectivity index (χ0n) is 12.7. The van der Waals surface area contributed by atoms with Gasteiger partial charge in [-0.25, -0.2) is 0 Å². The predicted molar refractivity (Wildman–Crippen MR) is 81.8 cm³/mol. The molecule has 1 aliphatic heterocycles. The average molecular weight is 291 g/mol. The SMILES string of the molecule is COc1ccc2c(c1)[C@H](N[C@@H]1CCC[C@H]1CO)CCCO2. The van der Waals surface area contributed by atoms with Crippen LogP contribution in [0.3, 0.4) is 0 Å². The Hall–Kier alpha value is -1.26. The Kier molecular flexibility index (Phi) is 4.66. The summed E-state index contributed by atoms with van der Waals surface area (Å²) < 4.78 is 11.2. The number of aliphatic hydroxyl groups is 1. The summed E-state index contributed by atoms with van der Waals surface area (Å²) in [4.78, 5) is 0. The number of nitrogens with one attached hydrogen (secondary N) is 1. The van der Waals surface area contributed by atoms with E-state index in [0.29, 0.717) is 12.0 Å². The molecule has 1 heterocycles. The van der Waals surface area contributed by atoms with E-state index in [-0.39, 0.29) is 12.6 Å². The molecule has 0 saturated heterocycles. The Bertz CT molecular complexity index is 477. The molecule has 4 heteroatoms. The molecule has 1 aliphatic carbocycles. The molecule has 21 heavy (non-hydrogen) atoms. The molecule has 1 fully saturated rings. The van der Waals surface area contributed by atoms with E-state index in [4.69, 9.17) is 9.47 Å². The molecule has 0 radical (unpaired) electrons. The molecule has 3 rings (SSSR count). The monoisotopic (exact) mass is 291 g/mol. The predicted octanol–water partition coefficient (Wildman–Crippen LogP) is 2.66. The average Bonchev–Trinajstić information content (AvgIpc) is 2.87. The number of fused-ring (bicyclic) bond motifs is 1. The van der Waals surface area contributed by atoms with Crippen molar-refractivity contribution in [3.8, 4) is 11.5 Å². The molecular weight excluding hydrogens is 266 g/mol. The van der Waals surface area contributed by atoms with Crippen LogP contribution in [0.1, 0.15) is 43.7 Å². The second kappa shape index (κ2) is 6.67. The Labute approximate surface area is 126 Å². The lowest BCUT2D eigenvalue weighted by molar-refractivity contribution is 0.198. The third-order valence-corrected chi connectivity index (χ3v) is 4.80. The van der Waals surface area contributed by atoms with Crippen LogP contribution in [0.25, 0.3) is 0 Å². The van der Waals surface area contributed by atoms with Crippen molar-refractivity contribution in [2.24, 2.45) is 5.92 Å². The Balaban J connectivity index is 1.82. The van der Waals surface area contributed by atoms with Gasteiger partial charge in [-0.3, -0.25) is 0 Å². The molecule has 116 valence electrons. The second-order valence-electron chi connectivity index (χ2n) is 6.09. The minimum absolute atomic E-state index is 0.284. The normalized spacial score (nSPS) is 28.6. The first-order chi connectivity index (χ1) is 10.3. The van der Waals surface area contributed by atoms with Gasteiger partial charge in [0.15, 0.2) is 0 Å². The summed E-state index contributed by atoms with van der Waals surface area (Å²) in [5.74, 6) is 2.23. The van der Waals surface area contributed by atoms with E-state index in [2.05, 4.69) is 11.4 Å². The van der Waals surface area contributed by atoms with Crippen LogP contribution in [0.5, 0.6) is 11.5 Å². The first-order valence-electron chi connectivity index (χ1n) is 7.99. The lowest BCUT2D eigenvalue weighted by atomic mass is 9.97. The maximum atomic E-state index is 9.51. The number of aliphatic hydroxyl groups excluding tert-OH is 1. The summed E-state index contributed by atoms with van der Waals surface area (Å²) in [5, 5.41) is 13.3. The van der Waals surface area contributed by atoms with E-state index in [1.165, 1.54) is 12.0 Å². The van der Waals surface area contributed by atoms with Gasteiger partial charge >= 0.3 is 0 Å². The maximum absolute atomic E-state index is 9.51. The molecular formula is C17H25NO3. The van der Waals surface area contributed by atoms with E-state index in [0.717, 1.165) is 43.8 Å². The quantitative estimate of drug-likeness (QED) is 0.895. The highest BCUT2D eigenvalue weighted by Gasteiger charge is 2.30. The molecule has 0 unspecified atom stereocenters. The van der Waals surface area contributed by atoms with Crippen LogP contribution >= 0.6 is 0 Å². The molecule has 0 spiro atoms. The first kappa shape index (κ1) is 14.7. The zero-order valence-corrected chi connectivity index (χ0v) is 12.7. The summed E-state index contributed by atoms with van der Waals surface area (Å²) in [6, 6.07) is 6.74. The topological polar surface area (TPSA) is 50.7 Å². The summed E-state index contributed by atoms with van der Waals surface area (Å²) in [7, 11) is 1.69. The van der Waals surface area contributed by atoms with Gasteiger partial charge in [-0.15, -0.1) is 0 Å². The van der Waals surface area contributed by atoms with Crippen LogP contribution in [-0.4, -0.2) is 31.5 Å². The van der Waals surface area contributed by atoms with Gasteiger partial charge < -0.3 is 19.9 Å². The minimum Gasteiger partial charge on any atom is -0.497 e. The molecule has 0 amide bonds. The fourth-order valence-corrected chi connectivity index (χ4v) is 3.59. The van der Waals surface area contributed by atoms with Crippen LogP contribution in [0, 0.1) is 5.92 Å². The maximum Gasteiger partial charge on any atom is 0.124 e. The van der Waals surface area contributed by atoms with E-state index in [1.807, 2.05) is 12.1 Å². The highest BCUT2D eigenvalue weighted by Crippen LogP contribution is 2.36. The van der Waals surface area contributed by atoms with Gasteiger partial charge in [0.1, 0.15) is 11.5 Å². The smallest absolute Gasteiger partial charge is 0.124 e. The fourth-order valence-electron chi connectivity index (χ4n) is 3.59. The number of ether oxygens (including phenoxy) is 2. The molecule has 1 aromatic rings. The fraction of sp³-hybridized carbons (Fsp3) is 0.647. The van der Waals surface area contributed by atoms with E-state index in [9.17, 15) is 5.11 Å². The standard InChI is InChI=1S/C17H25NO3/c1-20-13-7-8-17-14(10-13)16(6-3-9-21-17)18-15-5-2-4-12(15)11-19/h7-8,10,12,15-16,18-19H,2-6,9,11H2,1H3/t12-,15+,16+/m0/s1. The van der Waals surface area contributed by atoms with E-state index < -0.39 is 0 Å². The van der Waals surface area contributed by atoms with Crippen LogP contribution in [0.2, 0.25) is 0 Å². The summed E-state index contributed by atoms with van der Waals surface area (Å²) in [5.41, 5.74) is 1.19. The number of rotatable bonds is 4. The van der Waals surface area contributed by atoms with Gasteiger partial charge in [0.05, 0.1) is 13.7 Å². The van der Waals surface area contributed by atoms with Crippen molar-refractivity contribution in [2.75, 3.05) is 20.3 Å². The van der Waals surface area contributed by atoms with Gasteiger partial charge in [-0.2, -0.15) is 0 Å². The lowest BCUT2D eigenvalue weighted by Crippen LogP contribution is -2.36. The molecule has 2 N–H and O–H groups in total. The van der Waals surface area contributed by atoms with Crippen LogP contribution in [0.15, 0.2) is 18.2 Å². The number of hydrogen-bond acceptors (Lipinski definition) is 4. The largest absolute Gasteiger partial charge is 0.497 e. The van der Waals surface area contributed by atoms with Gasteiger partial charge in [-0.05, 0) is 49.8 Å². The Morgan fingerprint density at radius 2 is 2.19 bits per heavy atom. The molecule has 3 atom stereocenters. The molecule has 2 aliphatic rings. The van der Waals surface area contributed by atoms with Gasteiger partial charge in [-0.1, -0.05) is 6.42 Å². The number of hydrogen-bond donors (Lipinski definition) is 2. The van der Waals surface area contributed by atoms with Gasteiger partial charge in [0.25, 0.3) is 0 Å². The first-order valence-corrected chi connectivity index (χ1v) is 7.99. The Morgan fingerprint density at radius 1 is 1.29 bits per heavy atom. The van der Waals surface area contributed by atoms with Crippen molar-refractivity contribution < 1.29 is 14.6 Å². The van der Waals surface area contributed by atoms with E-state index >= 15 is 0 Å². The van der Waals surface area contributed by atoms with Crippen molar-refractivity contribution in [3.05, 3.63) is 23.8 Å². The van der Waals surface area contributed by atoms with Crippen molar-refractivity contribution in [2.45, 2.75) is 44.2 Å². The van der Waals surface area contributed by atoms with Crippen LogP contribution in [0.4, 0.5) is 0 Å². The van der Waals surface area contributed by atoms with Crippen LogP contribution < -0.4 is 14.8 Å². The summed E-state index contributed by atoms with van der Waals surface area (Å²) in [6.07, 6.45) is 5.60. The van der Waals surface area contributed by atoms with Crippen LogP contribution in [-0.2, 0) is 0 Å². The molecule has 0 aromatic heterocycles. The lowest BCUT2D eigenvalue weighted by Gasteiger charge is -2.26. The van der Waals surface area contributed by atoms with Gasteiger partial charge in [0.2, 0.25) is 0 Å². The third kappa shape index (κ3) is 3.16. The molecule has 1 saturated carbocycles. The second-order valence-corrected chi connectivity index (χ2v) is 6.09. The minimum atomic E-state index is 0.284. The highest BCUT2D eigenvalue weighted by molar-refractivity contribution is 5.42. The highest BCUT2D eigenvalue weighted by atomic mass is 16.5. The Morgan fingerprint density at radius 3 is 3.00 bits per heavy atom. The van der Waals surface area contributed by atoms with Crippen molar-refractivity contribution in [3.63, 3.8) is 0 Å². The summed E-state index contributed by atoms with van der Waals surface area (Å²) >= 11 is 0. The van der Waals surface area contributed by atoms with Crippen molar-refractivity contribution in [1.82, 2.24) is 5.32 Å². The molecule has 1 aromatic carbocycles. The third-order valence-electron chi connectivity index (χ3n) is 4.80.